The van der Waals surface area contributed by atoms with E-state index in [1.807, 2.05) is 6.92 Å². The molecule has 6 heteroatoms. The molecule has 0 saturated heterocycles. The van der Waals surface area contributed by atoms with Crippen molar-refractivity contribution in [1.82, 2.24) is 9.55 Å². The van der Waals surface area contributed by atoms with Gasteiger partial charge >= 0.3 is 0 Å². The van der Waals surface area contributed by atoms with E-state index in [0.717, 1.165) is 0 Å². The predicted molar refractivity (Wildman–Crippen MR) is 67.5 cm³/mol. The second-order valence-electron chi connectivity index (χ2n) is 4.08. The Morgan fingerprint density at radius 2 is 2.06 bits per heavy atom. The Morgan fingerprint density at radius 1 is 1.39 bits per heavy atom. The number of benzene rings is 1. The van der Waals surface area contributed by atoms with Crippen molar-refractivity contribution >= 4 is 27.0 Å². The lowest BCUT2D eigenvalue weighted by atomic mass is 10.2. The van der Waals surface area contributed by atoms with Crippen molar-refractivity contribution in [1.29, 1.82) is 0 Å². The Kier molecular flexibility index (Phi) is 3.66. The highest BCUT2D eigenvalue weighted by Crippen LogP contribution is 2.29. The zero-order chi connectivity index (χ0) is 13.4. The Bertz CT molecular complexity index is 580. The van der Waals surface area contributed by atoms with Gasteiger partial charge in [-0.1, -0.05) is 22.9 Å². The van der Waals surface area contributed by atoms with Crippen LogP contribution in [0, 0.1) is 5.82 Å². The van der Waals surface area contributed by atoms with Crippen LogP contribution >= 0.6 is 15.9 Å². The minimum atomic E-state index is -2.52. The lowest BCUT2D eigenvalue weighted by Crippen LogP contribution is -2.16. The number of aryl methyl sites for hydroxylation is 1. The molecule has 1 aromatic carbocycles. The fourth-order valence-electron chi connectivity index (χ4n) is 1.99. The molecular weight excluding hydrogens is 309 g/mol. The molecule has 0 fully saturated rings. The Balaban J connectivity index is 2.76. The average molecular weight is 321 g/mol. The molecule has 1 aromatic heterocycles. The number of hydrogen-bond donors (Lipinski definition) is 0. The van der Waals surface area contributed by atoms with Gasteiger partial charge in [0, 0.05) is 10.9 Å². The predicted octanol–water partition coefficient (Wildman–Crippen LogP) is 4.33. The summed E-state index contributed by atoms with van der Waals surface area (Å²) in [6.07, 6.45) is -2.04. The number of imidazole rings is 1. The molecule has 0 aliphatic rings. The fraction of sp³-hybridized carbons (Fsp3) is 0.417. The maximum atomic E-state index is 13.7. The lowest BCUT2D eigenvalue weighted by Gasteiger charge is -2.16. The van der Waals surface area contributed by atoms with E-state index in [1.54, 1.807) is 6.07 Å². The summed E-state index contributed by atoms with van der Waals surface area (Å²) in [7, 11) is 0. The van der Waals surface area contributed by atoms with Gasteiger partial charge in [-0.15, -0.1) is 0 Å². The maximum Gasteiger partial charge on any atom is 0.258 e. The van der Waals surface area contributed by atoms with Crippen LogP contribution in [0.15, 0.2) is 16.6 Å². The monoisotopic (exact) mass is 320 g/mol. The maximum absolute atomic E-state index is 13.7. The molecule has 2 nitrogen and oxygen atoms in total. The first-order valence-corrected chi connectivity index (χ1v) is 6.39. The van der Waals surface area contributed by atoms with E-state index in [1.165, 1.54) is 17.6 Å². The van der Waals surface area contributed by atoms with Gasteiger partial charge in [-0.25, -0.2) is 18.2 Å². The first kappa shape index (κ1) is 13.4. The normalized spacial score (nSPS) is 13.5. The molecule has 2 rings (SSSR count). The minimum Gasteiger partial charge on any atom is -0.319 e. The number of rotatable bonds is 3. The molecule has 0 aliphatic carbocycles. The van der Waals surface area contributed by atoms with Gasteiger partial charge in [-0.3, -0.25) is 0 Å². The van der Waals surface area contributed by atoms with Crippen molar-refractivity contribution in [3.05, 3.63) is 28.2 Å². The average Bonchev–Trinajstić information content (AvgIpc) is 2.66. The van der Waals surface area contributed by atoms with Crippen LogP contribution in [-0.2, 0) is 6.42 Å². The van der Waals surface area contributed by atoms with E-state index < -0.39 is 18.3 Å². The number of hydrogen-bond acceptors (Lipinski definition) is 1. The Hall–Kier alpha value is -1.04. The number of alkyl halides is 2. The molecule has 98 valence electrons. The second kappa shape index (κ2) is 4.91. The molecule has 0 aliphatic heterocycles. The van der Waals surface area contributed by atoms with E-state index in [2.05, 4.69) is 20.9 Å². The molecule has 1 unspecified atom stereocenters. The summed E-state index contributed by atoms with van der Waals surface area (Å²) < 4.78 is 41.4. The number of nitrogens with zero attached hydrogens (tertiary/aromatic N) is 2. The van der Waals surface area contributed by atoms with Gasteiger partial charge in [0.05, 0.1) is 11.6 Å². The van der Waals surface area contributed by atoms with Gasteiger partial charge in [-0.05, 0) is 19.1 Å². The van der Waals surface area contributed by atoms with E-state index in [-0.39, 0.29) is 5.52 Å². The molecule has 0 bridgehead atoms. The van der Waals surface area contributed by atoms with Crippen LogP contribution in [0.5, 0.6) is 0 Å². The summed E-state index contributed by atoms with van der Waals surface area (Å²) in [4.78, 5) is 4.11. The van der Waals surface area contributed by atoms with Crippen LogP contribution in [-0.4, -0.2) is 16.0 Å². The van der Waals surface area contributed by atoms with Gasteiger partial charge < -0.3 is 4.57 Å². The van der Waals surface area contributed by atoms with Crippen molar-refractivity contribution in [3.63, 3.8) is 0 Å². The number of halogens is 4. The molecule has 0 saturated carbocycles. The van der Waals surface area contributed by atoms with Crippen LogP contribution < -0.4 is 0 Å². The topological polar surface area (TPSA) is 17.8 Å². The minimum absolute atomic E-state index is 0.141. The number of fused-ring (bicyclic) bond motifs is 1. The summed E-state index contributed by atoms with van der Waals surface area (Å²) in [5.41, 5.74) is 0.536. The molecule has 0 N–H and O–H groups in total. The quantitative estimate of drug-likeness (QED) is 0.823. The Labute approximate surface area is 111 Å². The van der Waals surface area contributed by atoms with Crippen LogP contribution in [0.1, 0.15) is 25.7 Å². The SMILES string of the molecule is CCc1nc2c(F)cc(Br)cc2n1C(C)C(F)F. The van der Waals surface area contributed by atoms with E-state index >= 15 is 0 Å². The third-order valence-corrected chi connectivity index (χ3v) is 3.33. The largest absolute Gasteiger partial charge is 0.319 e. The van der Waals surface area contributed by atoms with Crippen LogP contribution in [0.25, 0.3) is 11.0 Å². The van der Waals surface area contributed by atoms with Crippen molar-refractivity contribution in [2.45, 2.75) is 32.7 Å². The molecular formula is C12H12BrF3N2. The zero-order valence-corrected chi connectivity index (χ0v) is 11.5. The van der Waals surface area contributed by atoms with E-state index in [0.29, 0.717) is 22.2 Å². The van der Waals surface area contributed by atoms with Crippen LogP contribution in [0.4, 0.5) is 13.2 Å². The van der Waals surface area contributed by atoms with Crippen molar-refractivity contribution in [2.24, 2.45) is 0 Å². The highest BCUT2D eigenvalue weighted by molar-refractivity contribution is 9.10. The lowest BCUT2D eigenvalue weighted by molar-refractivity contribution is 0.0919. The molecule has 1 heterocycles. The summed E-state index contributed by atoms with van der Waals surface area (Å²) in [6, 6.07) is 1.87. The molecule has 1 atom stereocenters. The van der Waals surface area contributed by atoms with Gasteiger partial charge in [0.15, 0.2) is 5.82 Å². The summed E-state index contributed by atoms with van der Waals surface area (Å²) in [6.45, 7) is 3.21. The smallest absolute Gasteiger partial charge is 0.258 e. The van der Waals surface area contributed by atoms with Crippen molar-refractivity contribution < 1.29 is 13.2 Å². The molecule has 0 amide bonds. The van der Waals surface area contributed by atoms with Gasteiger partial charge in [-0.2, -0.15) is 0 Å². The van der Waals surface area contributed by atoms with E-state index in [9.17, 15) is 13.2 Å². The number of aromatic nitrogens is 2. The third kappa shape index (κ3) is 2.13. The first-order valence-electron chi connectivity index (χ1n) is 5.59. The fourth-order valence-corrected chi connectivity index (χ4v) is 2.40. The van der Waals surface area contributed by atoms with Gasteiger partial charge in [0.1, 0.15) is 11.3 Å². The standard InChI is InChI=1S/C12H12BrF3N2/c1-3-10-17-11-8(14)4-7(13)5-9(11)18(10)6(2)12(15)16/h4-6,12H,3H2,1-2H3. The van der Waals surface area contributed by atoms with Crippen molar-refractivity contribution in [3.8, 4) is 0 Å². The molecule has 18 heavy (non-hydrogen) atoms. The first-order chi connectivity index (χ1) is 8.45. The van der Waals surface area contributed by atoms with Gasteiger partial charge in [0.25, 0.3) is 6.43 Å². The molecule has 2 aromatic rings. The summed E-state index contributed by atoms with van der Waals surface area (Å²) in [5, 5.41) is 0. The van der Waals surface area contributed by atoms with Crippen molar-refractivity contribution in [2.75, 3.05) is 0 Å². The zero-order valence-electron chi connectivity index (χ0n) is 9.92. The third-order valence-electron chi connectivity index (χ3n) is 2.87. The Morgan fingerprint density at radius 3 is 2.61 bits per heavy atom. The van der Waals surface area contributed by atoms with Crippen LogP contribution in [0.3, 0.4) is 0 Å². The van der Waals surface area contributed by atoms with E-state index in [4.69, 9.17) is 0 Å². The highest BCUT2D eigenvalue weighted by Gasteiger charge is 2.23. The highest BCUT2D eigenvalue weighted by atomic mass is 79.9. The summed E-state index contributed by atoms with van der Waals surface area (Å²) >= 11 is 3.17. The summed E-state index contributed by atoms with van der Waals surface area (Å²) in [5.74, 6) is -0.0379. The molecule has 0 spiro atoms. The van der Waals surface area contributed by atoms with Crippen LogP contribution in [0.2, 0.25) is 0 Å². The van der Waals surface area contributed by atoms with Gasteiger partial charge in [0.2, 0.25) is 0 Å². The molecule has 0 radical (unpaired) electrons. The second-order valence-corrected chi connectivity index (χ2v) is 5.00.